The molecule has 1 aliphatic rings. The van der Waals surface area contributed by atoms with Crippen LogP contribution in [-0.4, -0.2) is 60.8 Å². The van der Waals surface area contributed by atoms with Crippen LogP contribution in [-0.2, 0) is 14.8 Å². The van der Waals surface area contributed by atoms with E-state index in [1.807, 2.05) is 0 Å². The molecule has 2 amide bonds. The van der Waals surface area contributed by atoms with E-state index in [1.54, 1.807) is 17.9 Å². The van der Waals surface area contributed by atoms with Gasteiger partial charge in [-0.1, -0.05) is 11.2 Å². The third kappa shape index (κ3) is 4.17. The normalized spacial score (nSPS) is 15.6. The highest BCUT2D eigenvalue weighted by molar-refractivity contribution is 7.89. The number of hydrogen-bond donors (Lipinski definition) is 1. The maximum Gasteiger partial charge on any atom is 0.256 e. The van der Waals surface area contributed by atoms with E-state index in [9.17, 15) is 18.0 Å². The van der Waals surface area contributed by atoms with E-state index in [1.165, 1.54) is 35.5 Å². The first kappa shape index (κ1) is 19.1. The molecule has 0 unspecified atom stereocenters. The second-order valence-corrected chi connectivity index (χ2v) is 8.15. The zero-order valence-corrected chi connectivity index (χ0v) is 15.8. The van der Waals surface area contributed by atoms with Crippen LogP contribution in [0.4, 0.5) is 5.82 Å². The molecular formula is C17H20N4O5S. The lowest BCUT2D eigenvalue weighted by molar-refractivity contribution is -0.129. The summed E-state index contributed by atoms with van der Waals surface area (Å²) >= 11 is 0. The van der Waals surface area contributed by atoms with Crippen molar-refractivity contribution in [3.63, 3.8) is 0 Å². The van der Waals surface area contributed by atoms with Gasteiger partial charge in [-0.05, 0) is 25.1 Å². The number of piperazine rings is 1. The average molecular weight is 392 g/mol. The Balaban J connectivity index is 1.76. The number of aromatic nitrogens is 1. The molecule has 0 radical (unpaired) electrons. The van der Waals surface area contributed by atoms with Crippen LogP contribution >= 0.6 is 0 Å². The van der Waals surface area contributed by atoms with Crippen molar-refractivity contribution >= 4 is 27.7 Å². The first-order chi connectivity index (χ1) is 12.8. The predicted octanol–water partition coefficient (Wildman–Crippen LogP) is 1.09. The summed E-state index contributed by atoms with van der Waals surface area (Å²) in [6.45, 7) is 4.29. The summed E-state index contributed by atoms with van der Waals surface area (Å²) < 4.78 is 31.9. The second-order valence-electron chi connectivity index (χ2n) is 6.21. The van der Waals surface area contributed by atoms with Crippen molar-refractivity contribution in [1.82, 2.24) is 14.4 Å². The molecular weight excluding hydrogens is 372 g/mol. The van der Waals surface area contributed by atoms with Crippen molar-refractivity contribution in [1.29, 1.82) is 0 Å². The highest BCUT2D eigenvalue weighted by Crippen LogP contribution is 2.20. The Labute approximate surface area is 157 Å². The fourth-order valence-corrected chi connectivity index (χ4v) is 4.27. The molecule has 2 aromatic rings. The molecule has 0 aliphatic carbocycles. The Kier molecular flexibility index (Phi) is 5.29. The number of nitrogens with one attached hydrogen (secondary N) is 1. The lowest BCUT2D eigenvalue weighted by Crippen LogP contribution is -2.49. The van der Waals surface area contributed by atoms with Crippen molar-refractivity contribution in [3.8, 4) is 0 Å². The molecule has 144 valence electrons. The van der Waals surface area contributed by atoms with Gasteiger partial charge in [-0.2, -0.15) is 4.31 Å². The van der Waals surface area contributed by atoms with Crippen LogP contribution < -0.4 is 5.32 Å². The molecule has 1 aromatic heterocycles. The molecule has 2 heterocycles. The van der Waals surface area contributed by atoms with Crippen LogP contribution in [0.25, 0.3) is 0 Å². The molecule has 3 rings (SSSR count). The molecule has 1 fully saturated rings. The predicted molar refractivity (Wildman–Crippen MR) is 96.6 cm³/mol. The number of rotatable bonds is 4. The van der Waals surface area contributed by atoms with Gasteiger partial charge in [0, 0.05) is 44.7 Å². The van der Waals surface area contributed by atoms with Gasteiger partial charge < -0.3 is 14.7 Å². The number of amides is 2. The Morgan fingerprint density at radius 3 is 2.44 bits per heavy atom. The van der Waals surface area contributed by atoms with Gasteiger partial charge in [-0.15, -0.1) is 0 Å². The third-order valence-corrected chi connectivity index (χ3v) is 6.18. The minimum absolute atomic E-state index is 0.0303. The molecule has 1 N–H and O–H groups in total. The van der Waals surface area contributed by atoms with E-state index >= 15 is 0 Å². The summed E-state index contributed by atoms with van der Waals surface area (Å²) in [6.07, 6.45) is 0. The van der Waals surface area contributed by atoms with Gasteiger partial charge >= 0.3 is 0 Å². The monoisotopic (exact) mass is 392 g/mol. The van der Waals surface area contributed by atoms with Crippen LogP contribution in [0.1, 0.15) is 23.0 Å². The standard InChI is InChI=1S/C17H20N4O5S/c1-12-10-16(19-26-12)18-17(23)14-4-3-5-15(11-14)27(24,25)21-8-6-20(7-9-21)13(2)22/h3-5,10-11H,6-9H2,1-2H3,(H,18,19,23). The number of hydrogen-bond acceptors (Lipinski definition) is 6. The first-order valence-electron chi connectivity index (χ1n) is 8.38. The number of anilines is 1. The Morgan fingerprint density at radius 2 is 1.85 bits per heavy atom. The van der Waals surface area contributed by atoms with Crippen molar-refractivity contribution in [2.45, 2.75) is 18.7 Å². The third-order valence-electron chi connectivity index (χ3n) is 4.29. The van der Waals surface area contributed by atoms with E-state index in [-0.39, 0.29) is 35.3 Å². The maximum atomic E-state index is 12.9. The Bertz CT molecular complexity index is 961. The molecule has 0 bridgehead atoms. The molecule has 1 aromatic carbocycles. The first-order valence-corrected chi connectivity index (χ1v) is 9.82. The van der Waals surface area contributed by atoms with Gasteiger partial charge in [0.15, 0.2) is 5.82 Å². The SMILES string of the molecule is CC(=O)N1CCN(S(=O)(=O)c2cccc(C(=O)Nc3cc(C)on3)c2)CC1. The summed E-state index contributed by atoms with van der Waals surface area (Å²) in [4.78, 5) is 25.4. The summed E-state index contributed by atoms with van der Waals surface area (Å²) in [6, 6.07) is 7.38. The number of carbonyl (C=O) groups is 2. The quantitative estimate of drug-likeness (QED) is 0.833. The minimum atomic E-state index is -3.75. The number of benzene rings is 1. The van der Waals surface area contributed by atoms with E-state index in [2.05, 4.69) is 10.5 Å². The van der Waals surface area contributed by atoms with Crippen molar-refractivity contribution < 1.29 is 22.5 Å². The van der Waals surface area contributed by atoms with E-state index < -0.39 is 15.9 Å². The lowest BCUT2D eigenvalue weighted by atomic mass is 10.2. The number of carbonyl (C=O) groups excluding carboxylic acids is 2. The molecule has 27 heavy (non-hydrogen) atoms. The smallest absolute Gasteiger partial charge is 0.256 e. The fourth-order valence-electron chi connectivity index (χ4n) is 2.80. The Hall–Kier alpha value is -2.72. The number of aryl methyl sites for hydroxylation is 1. The zero-order chi connectivity index (χ0) is 19.6. The topological polar surface area (TPSA) is 113 Å². The molecule has 9 nitrogen and oxygen atoms in total. The maximum absolute atomic E-state index is 12.9. The van der Waals surface area contributed by atoms with E-state index in [0.29, 0.717) is 18.8 Å². The van der Waals surface area contributed by atoms with Crippen LogP contribution in [0.3, 0.4) is 0 Å². The molecule has 1 aliphatic heterocycles. The van der Waals surface area contributed by atoms with Crippen LogP contribution in [0.2, 0.25) is 0 Å². The summed E-state index contributed by atoms with van der Waals surface area (Å²) in [5, 5.41) is 6.24. The Morgan fingerprint density at radius 1 is 1.15 bits per heavy atom. The molecule has 1 saturated heterocycles. The summed E-state index contributed by atoms with van der Waals surface area (Å²) in [5.41, 5.74) is 0.194. The van der Waals surface area contributed by atoms with Gasteiger partial charge in [0.2, 0.25) is 15.9 Å². The molecule has 0 saturated carbocycles. The highest BCUT2D eigenvalue weighted by Gasteiger charge is 2.29. The van der Waals surface area contributed by atoms with E-state index in [4.69, 9.17) is 4.52 Å². The van der Waals surface area contributed by atoms with Crippen molar-refractivity contribution in [2.24, 2.45) is 0 Å². The minimum Gasteiger partial charge on any atom is -0.360 e. The van der Waals surface area contributed by atoms with Gasteiger partial charge in [-0.3, -0.25) is 9.59 Å². The highest BCUT2D eigenvalue weighted by atomic mass is 32.2. The van der Waals surface area contributed by atoms with Crippen LogP contribution in [0, 0.1) is 6.92 Å². The van der Waals surface area contributed by atoms with Gasteiger partial charge in [0.25, 0.3) is 5.91 Å². The van der Waals surface area contributed by atoms with Gasteiger partial charge in [0.05, 0.1) is 4.90 Å². The number of sulfonamides is 1. The van der Waals surface area contributed by atoms with E-state index in [0.717, 1.165) is 0 Å². The van der Waals surface area contributed by atoms with Gasteiger partial charge in [0.1, 0.15) is 5.76 Å². The van der Waals surface area contributed by atoms with Crippen molar-refractivity contribution in [3.05, 3.63) is 41.7 Å². The van der Waals surface area contributed by atoms with Crippen molar-refractivity contribution in [2.75, 3.05) is 31.5 Å². The van der Waals surface area contributed by atoms with Crippen LogP contribution in [0.15, 0.2) is 39.8 Å². The molecule has 0 atom stereocenters. The van der Waals surface area contributed by atoms with Gasteiger partial charge in [-0.25, -0.2) is 8.42 Å². The second kappa shape index (κ2) is 7.49. The zero-order valence-electron chi connectivity index (χ0n) is 15.0. The average Bonchev–Trinajstić information content (AvgIpc) is 3.06. The van der Waals surface area contributed by atoms with Crippen LogP contribution in [0.5, 0.6) is 0 Å². The molecule has 10 heteroatoms. The summed E-state index contributed by atoms with van der Waals surface area (Å²) in [7, 11) is -3.75. The lowest BCUT2D eigenvalue weighted by Gasteiger charge is -2.33. The largest absolute Gasteiger partial charge is 0.360 e. The fraction of sp³-hybridized carbons (Fsp3) is 0.353. The summed E-state index contributed by atoms with van der Waals surface area (Å²) in [5.74, 6) is 0.244. The number of nitrogens with zero attached hydrogens (tertiary/aromatic N) is 3. The molecule has 0 spiro atoms.